The molecule has 0 amide bonds. The Labute approximate surface area is 162 Å². The number of pyridine rings is 1. The number of piperidine rings is 1. The van der Waals surface area contributed by atoms with Gasteiger partial charge in [0.1, 0.15) is 18.2 Å². The van der Waals surface area contributed by atoms with Crippen molar-refractivity contribution in [1.82, 2.24) is 0 Å². The van der Waals surface area contributed by atoms with Crippen LogP contribution in [-0.2, 0) is 17.7 Å². The normalized spacial score (nSPS) is 25.9. The molecule has 0 saturated carbocycles. The molecule has 2 atom stereocenters. The summed E-state index contributed by atoms with van der Waals surface area (Å²) in [6.07, 6.45) is 5.96. The fraction of sp³-hybridized carbons (Fsp3) is 0.714. The minimum absolute atomic E-state index is 0.303. The smallest absolute Gasteiger partial charge is 0.240 e. The Morgan fingerprint density at radius 3 is 2.81 bits per heavy atom. The standard InChI is InChI=1S/C21H31N5O/c1-15-5-9-26(10-6-15)21-18(12-22)17-7-8-25(2)14-19(17)20(24-21)23-13-16-4-3-11-27-16/h15-16H,3-11,13-14H2,1-2H3,(H,23,24)/p+2/t16-/m1/s1. The molecule has 1 aromatic rings. The summed E-state index contributed by atoms with van der Waals surface area (Å²) in [5, 5.41) is 13.6. The predicted molar refractivity (Wildman–Crippen MR) is 105 cm³/mol. The topological polar surface area (TPSA) is 66.9 Å². The van der Waals surface area contributed by atoms with Crippen molar-refractivity contribution in [2.24, 2.45) is 5.92 Å². The first-order chi connectivity index (χ1) is 13.2. The number of nitriles is 1. The Balaban J connectivity index is 1.67. The molecule has 0 aliphatic carbocycles. The number of rotatable bonds is 4. The van der Waals surface area contributed by atoms with Gasteiger partial charge in [0.2, 0.25) is 11.6 Å². The summed E-state index contributed by atoms with van der Waals surface area (Å²) in [6, 6.07) is 2.54. The van der Waals surface area contributed by atoms with E-state index in [-0.39, 0.29) is 0 Å². The Morgan fingerprint density at radius 1 is 1.30 bits per heavy atom. The van der Waals surface area contributed by atoms with Gasteiger partial charge in [0.15, 0.2) is 0 Å². The Bertz CT molecular complexity index is 714. The molecule has 2 saturated heterocycles. The highest BCUT2D eigenvalue weighted by atomic mass is 16.5. The van der Waals surface area contributed by atoms with E-state index >= 15 is 0 Å². The largest absolute Gasteiger partial charge is 0.375 e. The van der Waals surface area contributed by atoms with Crippen molar-refractivity contribution in [3.8, 4) is 6.07 Å². The second kappa shape index (κ2) is 8.04. The highest BCUT2D eigenvalue weighted by Gasteiger charge is 2.33. The van der Waals surface area contributed by atoms with Gasteiger partial charge in [0.05, 0.1) is 44.9 Å². The van der Waals surface area contributed by atoms with Gasteiger partial charge in [-0.1, -0.05) is 6.92 Å². The molecule has 146 valence electrons. The number of nitrogens with one attached hydrogen (secondary N) is 3. The molecule has 6 nitrogen and oxygen atoms in total. The third-order valence-electron chi connectivity index (χ3n) is 6.47. The van der Waals surface area contributed by atoms with E-state index in [0.29, 0.717) is 6.10 Å². The van der Waals surface area contributed by atoms with Crippen molar-refractivity contribution < 1.29 is 14.6 Å². The molecule has 3 N–H and O–H groups in total. The average Bonchev–Trinajstić information content (AvgIpc) is 3.20. The molecular weight excluding hydrogens is 338 g/mol. The van der Waals surface area contributed by atoms with Gasteiger partial charge in [-0.15, -0.1) is 0 Å². The van der Waals surface area contributed by atoms with E-state index in [1.165, 1.54) is 28.9 Å². The van der Waals surface area contributed by atoms with Crippen molar-refractivity contribution >= 4 is 11.6 Å². The van der Waals surface area contributed by atoms with Crippen LogP contribution in [0.15, 0.2) is 0 Å². The minimum Gasteiger partial charge on any atom is -0.375 e. The third-order valence-corrected chi connectivity index (χ3v) is 6.47. The Kier molecular flexibility index (Phi) is 5.51. The van der Waals surface area contributed by atoms with Gasteiger partial charge in [0, 0.05) is 13.0 Å². The lowest BCUT2D eigenvalue weighted by Gasteiger charge is -2.30. The number of likely N-dealkylation sites (N-methyl/N-ethyl adjacent to an activating group) is 1. The molecule has 4 heterocycles. The number of hydrogen-bond acceptors (Lipinski definition) is 4. The summed E-state index contributed by atoms with van der Waals surface area (Å²) in [7, 11) is 2.23. The molecule has 2 fully saturated rings. The zero-order chi connectivity index (χ0) is 18.8. The minimum atomic E-state index is 0.303. The Hall–Kier alpha value is -1.84. The van der Waals surface area contributed by atoms with E-state index in [0.717, 1.165) is 81.7 Å². The molecule has 4 rings (SSSR count). The first-order valence-electron chi connectivity index (χ1n) is 10.6. The highest BCUT2D eigenvalue weighted by molar-refractivity contribution is 5.61. The van der Waals surface area contributed by atoms with Crippen LogP contribution < -0.4 is 20.1 Å². The van der Waals surface area contributed by atoms with Crippen LogP contribution in [0.2, 0.25) is 0 Å². The zero-order valence-electron chi connectivity index (χ0n) is 16.7. The number of ether oxygens (including phenoxy) is 1. The summed E-state index contributed by atoms with van der Waals surface area (Å²) in [4.78, 5) is 7.53. The highest BCUT2D eigenvalue weighted by Crippen LogP contribution is 2.30. The summed E-state index contributed by atoms with van der Waals surface area (Å²) < 4.78 is 5.80. The number of aromatic amines is 1. The van der Waals surface area contributed by atoms with Crippen LogP contribution in [0.3, 0.4) is 0 Å². The molecule has 0 spiro atoms. The predicted octanol–water partition coefficient (Wildman–Crippen LogP) is 0.770. The van der Waals surface area contributed by atoms with Crippen molar-refractivity contribution in [3.63, 3.8) is 0 Å². The fourth-order valence-electron chi connectivity index (χ4n) is 4.66. The van der Waals surface area contributed by atoms with E-state index in [4.69, 9.17) is 4.74 Å². The molecule has 3 aliphatic rings. The van der Waals surface area contributed by atoms with Crippen molar-refractivity contribution in [2.45, 2.75) is 51.7 Å². The number of fused-ring (bicyclic) bond motifs is 1. The van der Waals surface area contributed by atoms with Crippen LogP contribution >= 0.6 is 0 Å². The second-order valence-corrected chi connectivity index (χ2v) is 8.61. The van der Waals surface area contributed by atoms with E-state index in [2.05, 4.69) is 35.2 Å². The van der Waals surface area contributed by atoms with Crippen molar-refractivity contribution in [3.05, 3.63) is 16.7 Å². The maximum Gasteiger partial charge on any atom is 0.240 e. The summed E-state index contributed by atoms with van der Waals surface area (Å²) >= 11 is 0. The lowest BCUT2D eigenvalue weighted by atomic mass is 9.94. The monoisotopic (exact) mass is 371 g/mol. The molecule has 0 radical (unpaired) electrons. The molecular formula is C21H33N5O+2. The van der Waals surface area contributed by atoms with Crippen LogP contribution in [0.1, 0.15) is 49.3 Å². The molecule has 6 heteroatoms. The number of quaternary nitrogens is 1. The first kappa shape index (κ1) is 18.5. The van der Waals surface area contributed by atoms with Crippen molar-refractivity contribution in [2.75, 3.05) is 50.1 Å². The molecule has 27 heavy (non-hydrogen) atoms. The quantitative estimate of drug-likeness (QED) is 0.821. The summed E-state index contributed by atoms with van der Waals surface area (Å²) in [6.45, 7) is 8.16. The summed E-state index contributed by atoms with van der Waals surface area (Å²) in [5.41, 5.74) is 3.42. The number of nitrogens with zero attached hydrogens (tertiary/aromatic N) is 2. The maximum atomic E-state index is 9.97. The fourth-order valence-corrected chi connectivity index (χ4v) is 4.66. The van der Waals surface area contributed by atoms with Gasteiger partial charge in [-0.3, -0.25) is 4.90 Å². The van der Waals surface area contributed by atoms with Gasteiger partial charge in [-0.05, 0) is 37.2 Å². The Morgan fingerprint density at radius 2 is 2.11 bits per heavy atom. The molecule has 3 aliphatic heterocycles. The zero-order valence-corrected chi connectivity index (χ0v) is 16.7. The van der Waals surface area contributed by atoms with Gasteiger partial charge in [-0.2, -0.15) is 5.26 Å². The van der Waals surface area contributed by atoms with Crippen LogP contribution in [0.5, 0.6) is 0 Å². The first-order valence-corrected chi connectivity index (χ1v) is 10.6. The lowest BCUT2D eigenvalue weighted by Crippen LogP contribution is -3.08. The van der Waals surface area contributed by atoms with Crippen LogP contribution in [0.4, 0.5) is 11.6 Å². The van der Waals surface area contributed by atoms with Crippen molar-refractivity contribution in [1.29, 1.82) is 5.26 Å². The van der Waals surface area contributed by atoms with Crippen LogP contribution in [0, 0.1) is 17.2 Å². The van der Waals surface area contributed by atoms with Gasteiger partial charge < -0.3 is 15.0 Å². The van der Waals surface area contributed by atoms with E-state index in [1.54, 1.807) is 0 Å². The van der Waals surface area contributed by atoms with E-state index in [9.17, 15) is 5.26 Å². The van der Waals surface area contributed by atoms with Crippen LogP contribution in [0.25, 0.3) is 0 Å². The van der Waals surface area contributed by atoms with Gasteiger partial charge >= 0.3 is 0 Å². The van der Waals surface area contributed by atoms with E-state index < -0.39 is 0 Å². The number of hydrogen-bond donors (Lipinski definition) is 2. The summed E-state index contributed by atoms with van der Waals surface area (Å²) in [5.74, 6) is 2.91. The average molecular weight is 372 g/mol. The molecule has 0 bridgehead atoms. The SMILES string of the molecule is CC1CCN(c2[nH+]c(NC[C@H]3CCCO3)c3c(c2C#N)CC[NH+](C)C3)CC1. The van der Waals surface area contributed by atoms with Gasteiger partial charge in [-0.25, -0.2) is 4.98 Å². The number of anilines is 2. The lowest BCUT2D eigenvalue weighted by molar-refractivity contribution is -0.895. The second-order valence-electron chi connectivity index (χ2n) is 8.61. The number of H-pyrrole nitrogens is 1. The number of aromatic nitrogens is 1. The van der Waals surface area contributed by atoms with E-state index in [1.807, 2.05) is 0 Å². The molecule has 1 unspecified atom stereocenters. The van der Waals surface area contributed by atoms with Gasteiger partial charge in [0.25, 0.3) is 0 Å². The maximum absolute atomic E-state index is 9.97. The third kappa shape index (κ3) is 3.90. The van der Waals surface area contributed by atoms with Crippen LogP contribution in [-0.4, -0.2) is 45.9 Å². The molecule has 1 aromatic heterocycles. The molecule has 0 aromatic carbocycles.